The minimum atomic E-state index is -0.365. The van der Waals surface area contributed by atoms with Gasteiger partial charge in [-0.1, -0.05) is 0 Å². The van der Waals surface area contributed by atoms with Crippen LogP contribution in [-0.4, -0.2) is 62.3 Å². The van der Waals surface area contributed by atoms with E-state index in [1.807, 2.05) is 62.4 Å². The van der Waals surface area contributed by atoms with E-state index in [1.165, 1.54) is 12.1 Å². The SMILES string of the molecule is Cc1ccncc1-c1ccc2[nH]nc(-c3cc4c(-c5cc(F)cc(OCCN(C)C)c5)cncc4[nH]3)c2n1. The first-order valence-electron chi connectivity index (χ1n) is 12.3. The Morgan fingerprint density at radius 3 is 2.66 bits per heavy atom. The predicted octanol–water partition coefficient (Wildman–Crippen LogP) is 5.62. The van der Waals surface area contributed by atoms with Crippen LogP contribution in [0.5, 0.6) is 5.75 Å². The predicted molar refractivity (Wildman–Crippen MR) is 146 cm³/mol. The highest BCUT2D eigenvalue weighted by Gasteiger charge is 2.17. The van der Waals surface area contributed by atoms with Gasteiger partial charge in [0.05, 0.1) is 28.6 Å². The molecular weight excluding hydrogens is 481 g/mol. The van der Waals surface area contributed by atoms with Crippen molar-refractivity contribution in [2.24, 2.45) is 0 Å². The summed E-state index contributed by atoms with van der Waals surface area (Å²) >= 11 is 0. The van der Waals surface area contributed by atoms with Gasteiger partial charge in [0.1, 0.15) is 29.4 Å². The first-order chi connectivity index (χ1) is 18.5. The summed E-state index contributed by atoms with van der Waals surface area (Å²) in [5.41, 5.74) is 8.23. The standard InChI is InChI=1S/C29H26FN7O/c1-17-6-7-31-14-22(17)24-4-5-25-28(34-24)29(36-35-25)26-13-21-23(15-32-16-27(21)33-26)18-10-19(30)12-20(11-18)38-9-8-37(2)3/h4-7,10-16,33H,8-9H2,1-3H3,(H,35,36). The third-order valence-corrected chi connectivity index (χ3v) is 6.51. The average Bonchev–Trinajstić information content (AvgIpc) is 3.52. The van der Waals surface area contributed by atoms with Gasteiger partial charge in [-0.3, -0.25) is 15.1 Å². The van der Waals surface area contributed by atoms with Crippen LogP contribution in [0.25, 0.3) is 55.7 Å². The van der Waals surface area contributed by atoms with Crippen molar-refractivity contribution >= 4 is 21.9 Å². The second-order valence-electron chi connectivity index (χ2n) is 9.51. The van der Waals surface area contributed by atoms with Gasteiger partial charge in [0.15, 0.2) is 0 Å². The van der Waals surface area contributed by atoms with Crippen LogP contribution in [0.4, 0.5) is 4.39 Å². The molecule has 0 radical (unpaired) electrons. The molecule has 0 bridgehead atoms. The molecule has 5 heterocycles. The second kappa shape index (κ2) is 9.68. The normalized spacial score (nSPS) is 11.6. The van der Waals surface area contributed by atoms with E-state index in [0.717, 1.165) is 56.6 Å². The van der Waals surface area contributed by atoms with Crippen molar-refractivity contribution in [1.29, 1.82) is 0 Å². The van der Waals surface area contributed by atoms with Crippen LogP contribution in [0.3, 0.4) is 0 Å². The molecule has 5 aromatic heterocycles. The molecule has 0 unspecified atom stereocenters. The van der Waals surface area contributed by atoms with Gasteiger partial charge in [-0.25, -0.2) is 9.37 Å². The molecule has 0 fully saturated rings. The maximum atomic E-state index is 14.6. The van der Waals surface area contributed by atoms with Crippen molar-refractivity contribution in [3.05, 3.63) is 78.6 Å². The number of nitrogens with zero attached hydrogens (tertiary/aromatic N) is 5. The molecule has 0 saturated heterocycles. The van der Waals surface area contributed by atoms with Crippen LogP contribution in [0, 0.1) is 12.7 Å². The molecule has 0 aliphatic carbocycles. The van der Waals surface area contributed by atoms with E-state index in [-0.39, 0.29) is 5.82 Å². The molecule has 190 valence electrons. The van der Waals surface area contributed by atoms with Gasteiger partial charge in [-0.2, -0.15) is 5.10 Å². The Morgan fingerprint density at radius 2 is 1.82 bits per heavy atom. The van der Waals surface area contributed by atoms with E-state index >= 15 is 0 Å². The van der Waals surface area contributed by atoms with Crippen molar-refractivity contribution in [2.45, 2.75) is 6.92 Å². The molecule has 38 heavy (non-hydrogen) atoms. The van der Waals surface area contributed by atoms with Crippen molar-refractivity contribution < 1.29 is 9.13 Å². The lowest BCUT2D eigenvalue weighted by molar-refractivity contribution is 0.260. The lowest BCUT2D eigenvalue weighted by atomic mass is 10.0. The smallest absolute Gasteiger partial charge is 0.135 e. The van der Waals surface area contributed by atoms with Gasteiger partial charge in [0.25, 0.3) is 0 Å². The Balaban J connectivity index is 1.41. The molecule has 9 heteroatoms. The Bertz CT molecular complexity index is 1770. The number of H-pyrrole nitrogens is 2. The van der Waals surface area contributed by atoms with E-state index < -0.39 is 0 Å². The molecule has 0 atom stereocenters. The fourth-order valence-electron chi connectivity index (χ4n) is 4.53. The maximum Gasteiger partial charge on any atom is 0.135 e. The van der Waals surface area contributed by atoms with Crippen LogP contribution < -0.4 is 4.74 Å². The van der Waals surface area contributed by atoms with Gasteiger partial charge in [-0.05, 0) is 68.5 Å². The van der Waals surface area contributed by atoms with Crippen LogP contribution >= 0.6 is 0 Å². The first-order valence-corrected chi connectivity index (χ1v) is 12.3. The molecule has 0 saturated carbocycles. The van der Waals surface area contributed by atoms with E-state index in [2.05, 4.69) is 25.1 Å². The summed E-state index contributed by atoms with van der Waals surface area (Å²) in [6, 6.07) is 12.6. The molecule has 8 nitrogen and oxygen atoms in total. The van der Waals surface area contributed by atoms with Gasteiger partial charge in [-0.15, -0.1) is 0 Å². The minimum Gasteiger partial charge on any atom is -0.492 e. The highest BCUT2D eigenvalue weighted by atomic mass is 19.1. The van der Waals surface area contributed by atoms with Crippen LogP contribution in [0.1, 0.15) is 5.56 Å². The Morgan fingerprint density at radius 1 is 0.947 bits per heavy atom. The van der Waals surface area contributed by atoms with Crippen LogP contribution in [-0.2, 0) is 0 Å². The summed E-state index contributed by atoms with van der Waals surface area (Å²) in [6.07, 6.45) is 7.08. The first kappa shape index (κ1) is 23.7. The molecule has 2 N–H and O–H groups in total. The quantitative estimate of drug-likeness (QED) is 0.291. The molecule has 0 aliphatic rings. The third-order valence-electron chi connectivity index (χ3n) is 6.51. The number of hydrogen-bond acceptors (Lipinski definition) is 6. The van der Waals surface area contributed by atoms with E-state index in [9.17, 15) is 4.39 Å². The number of ether oxygens (including phenoxy) is 1. The van der Waals surface area contributed by atoms with Crippen LogP contribution in [0.15, 0.2) is 67.3 Å². The second-order valence-corrected chi connectivity index (χ2v) is 9.51. The number of halogens is 1. The number of aryl methyl sites for hydroxylation is 1. The van der Waals surface area contributed by atoms with Crippen molar-refractivity contribution in [1.82, 2.24) is 35.0 Å². The highest BCUT2D eigenvalue weighted by molar-refractivity contribution is 6.00. The summed E-state index contributed by atoms with van der Waals surface area (Å²) in [5, 5.41) is 8.54. The number of aromatic amines is 2. The minimum absolute atomic E-state index is 0.365. The summed E-state index contributed by atoms with van der Waals surface area (Å²) in [7, 11) is 3.93. The Hall–Kier alpha value is -4.63. The molecule has 6 rings (SSSR count). The third kappa shape index (κ3) is 4.48. The highest BCUT2D eigenvalue weighted by Crippen LogP contribution is 2.35. The van der Waals surface area contributed by atoms with Crippen molar-refractivity contribution in [3.63, 3.8) is 0 Å². The zero-order valence-corrected chi connectivity index (χ0v) is 21.3. The maximum absolute atomic E-state index is 14.6. The summed E-state index contributed by atoms with van der Waals surface area (Å²) in [6.45, 7) is 3.24. The largest absolute Gasteiger partial charge is 0.492 e. The van der Waals surface area contributed by atoms with Crippen molar-refractivity contribution in [2.75, 3.05) is 27.2 Å². The number of nitrogens with one attached hydrogen (secondary N) is 2. The molecule has 1 aromatic carbocycles. The van der Waals surface area contributed by atoms with E-state index in [0.29, 0.717) is 23.6 Å². The van der Waals surface area contributed by atoms with Crippen molar-refractivity contribution in [3.8, 4) is 39.5 Å². The number of benzene rings is 1. The fraction of sp³-hybridized carbons (Fsp3) is 0.172. The zero-order valence-electron chi connectivity index (χ0n) is 21.3. The van der Waals surface area contributed by atoms with Gasteiger partial charge < -0.3 is 14.6 Å². The number of pyridine rings is 3. The molecule has 0 amide bonds. The van der Waals surface area contributed by atoms with Gasteiger partial charge >= 0.3 is 0 Å². The molecule has 0 aliphatic heterocycles. The molecular formula is C29H26FN7O. The lowest BCUT2D eigenvalue weighted by Crippen LogP contribution is -2.19. The molecule has 0 spiro atoms. The van der Waals surface area contributed by atoms with E-state index in [4.69, 9.17) is 9.72 Å². The zero-order chi connectivity index (χ0) is 26.2. The van der Waals surface area contributed by atoms with E-state index in [1.54, 1.807) is 18.6 Å². The fourth-order valence-corrected chi connectivity index (χ4v) is 4.53. The number of hydrogen-bond donors (Lipinski definition) is 2. The topological polar surface area (TPSA) is 95.6 Å². The summed E-state index contributed by atoms with van der Waals surface area (Å²) in [4.78, 5) is 19.0. The molecule has 6 aromatic rings. The Labute approximate surface area is 218 Å². The number of likely N-dealkylation sites (N-methyl/N-ethyl adjacent to an activating group) is 1. The number of aromatic nitrogens is 6. The summed E-state index contributed by atoms with van der Waals surface area (Å²) < 4.78 is 20.4. The van der Waals surface area contributed by atoms with Crippen LogP contribution in [0.2, 0.25) is 0 Å². The van der Waals surface area contributed by atoms with Gasteiger partial charge in [0, 0.05) is 47.7 Å². The summed E-state index contributed by atoms with van der Waals surface area (Å²) in [5.74, 6) is 0.117. The number of fused-ring (bicyclic) bond motifs is 2. The van der Waals surface area contributed by atoms with Gasteiger partial charge in [0.2, 0.25) is 0 Å². The monoisotopic (exact) mass is 507 g/mol. The average molecular weight is 508 g/mol. The number of rotatable bonds is 7. The lowest BCUT2D eigenvalue weighted by Gasteiger charge is -2.12. The Kier molecular flexibility index (Phi) is 6.05.